The van der Waals surface area contributed by atoms with E-state index in [1.165, 1.54) is 48.1 Å². The van der Waals surface area contributed by atoms with Crippen LogP contribution < -0.4 is 5.32 Å². The smallest absolute Gasteiger partial charge is 0.0594 e. The lowest BCUT2D eigenvalue weighted by Crippen LogP contribution is -2.55. The number of hydrogen-bond acceptors (Lipinski definition) is 4. The molecule has 0 saturated carbocycles. The summed E-state index contributed by atoms with van der Waals surface area (Å²) in [6.45, 7) is 4.85. The molecule has 100 valence electrons. The molecule has 0 radical (unpaired) electrons. The quantitative estimate of drug-likeness (QED) is 0.931. The number of aromatic nitrogens is 1. The minimum Gasteiger partial charge on any atom is -0.308 e. The predicted octanol–water partition coefficient (Wildman–Crippen LogP) is 2.48. The van der Waals surface area contributed by atoms with E-state index in [2.05, 4.69) is 32.8 Å². The number of benzene rings is 1. The zero-order valence-electron chi connectivity index (χ0n) is 11.0. The summed E-state index contributed by atoms with van der Waals surface area (Å²) in [6.07, 6.45) is 4.72. The number of nitrogens with zero attached hydrogens (tertiary/aromatic N) is 2. The van der Waals surface area contributed by atoms with Gasteiger partial charge in [-0.25, -0.2) is 0 Å². The van der Waals surface area contributed by atoms with Gasteiger partial charge in [-0.15, -0.1) is 0 Å². The van der Waals surface area contributed by atoms with Gasteiger partial charge in [0.05, 0.1) is 4.70 Å². The fourth-order valence-electron chi connectivity index (χ4n) is 3.53. The van der Waals surface area contributed by atoms with Gasteiger partial charge in [-0.05, 0) is 48.9 Å². The maximum atomic E-state index is 4.30. The fourth-order valence-corrected chi connectivity index (χ4v) is 4.29. The molecule has 1 N–H and O–H groups in total. The Morgan fingerprint density at radius 2 is 2.21 bits per heavy atom. The molecule has 3 nitrogen and oxygen atoms in total. The van der Waals surface area contributed by atoms with E-state index in [9.17, 15) is 0 Å². The number of piperidine rings is 3. The second kappa shape index (κ2) is 4.85. The molecule has 3 aliphatic rings. The van der Waals surface area contributed by atoms with Crippen LogP contribution in [0.5, 0.6) is 0 Å². The molecular weight excluding hydrogens is 254 g/mol. The molecule has 1 aromatic heterocycles. The largest absolute Gasteiger partial charge is 0.308 e. The average molecular weight is 273 g/mol. The van der Waals surface area contributed by atoms with Gasteiger partial charge >= 0.3 is 0 Å². The van der Waals surface area contributed by atoms with Gasteiger partial charge in [0.2, 0.25) is 0 Å². The van der Waals surface area contributed by atoms with Crippen LogP contribution in [0.25, 0.3) is 10.1 Å². The summed E-state index contributed by atoms with van der Waals surface area (Å²) in [7, 11) is 0. The Morgan fingerprint density at radius 1 is 1.32 bits per heavy atom. The van der Waals surface area contributed by atoms with Gasteiger partial charge in [-0.3, -0.25) is 0 Å². The average Bonchev–Trinajstić information content (AvgIpc) is 2.95. The molecule has 4 heteroatoms. The number of fused-ring (bicyclic) bond motifs is 4. The van der Waals surface area contributed by atoms with Crippen LogP contribution >= 0.6 is 11.5 Å². The van der Waals surface area contributed by atoms with Crippen LogP contribution in [0.1, 0.15) is 18.4 Å². The summed E-state index contributed by atoms with van der Waals surface area (Å²) < 4.78 is 5.64. The van der Waals surface area contributed by atoms with Crippen LogP contribution in [-0.4, -0.2) is 34.9 Å². The van der Waals surface area contributed by atoms with Crippen LogP contribution in [0.15, 0.2) is 24.4 Å². The second-order valence-electron chi connectivity index (χ2n) is 5.79. The molecule has 3 saturated heterocycles. The second-order valence-corrected chi connectivity index (χ2v) is 6.59. The molecule has 0 amide bonds. The summed E-state index contributed by atoms with van der Waals surface area (Å²) in [5.41, 5.74) is 1.40. The van der Waals surface area contributed by atoms with Gasteiger partial charge in [-0.2, -0.15) is 4.37 Å². The zero-order chi connectivity index (χ0) is 12.7. The van der Waals surface area contributed by atoms with Crippen molar-refractivity contribution >= 4 is 21.6 Å². The third kappa shape index (κ3) is 2.18. The minimum atomic E-state index is 0.686. The van der Waals surface area contributed by atoms with Crippen molar-refractivity contribution in [1.29, 1.82) is 0 Å². The van der Waals surface area contributed by atoms with Gasteiger partial charge in [0.25, 0.3) is 0 Å². The van der Waals surface area contributed by atoms with Crippen LogP contribution in [0.2, 0.25) is 0 Å². The summed E-state index contributed by atoms with van der Waals surface area (Å²) in [5, 5.41) is 5.06. The van der Waals surface area contributed by atoms with Crippen LogP contribution in [0, 0.1) is 5.92 Å². The molecule has 0 aliphatic carbocycles. The summed E-state index contributed by atoms with van der Waals surface area (Å²) in [6, 6.07) is 7.21. The van der Waals surface area contributed by atoms with Crippen molar-refractivity contribution < 1.29 is 0 Å². The maximum absolute atomic E-state index is 4.30. The highest BCUT2D eigenvalue weighted by atomic mass is 32.1. The van der Waals surface area contributed by atoms with Crippen molar-refractivity contribution in [3.8, 4) is 0 Å². The molecule has 3 fully saturated rings. The van der Waals surface area contributed by atoms with Crippen molar-refractivity contribution in [1.82, 2.24) is 14.6 Å². The summed E-state index contributed by atoms with van der Waals surface area (Å²) in [4.78, 5) is 2.60. The van der Waals surface area contributed by atoms with Gasteiger partial charge in [0, 0.05) is 30.7 Å². The molecule has 4 heterocycles. The minimum absolute atomic E-state index is 0.686. The maximum Gasteiger partial charge on any atom is 0.0594 e. The Kier molecular flexibility index (Phi) is 3.02. The van der Waals surface area contributed by atoms with Crippen molar-refractivity contribution in [3.63, 3.8) is 0 Å². The molecule has 2 bridgehead atoms. The Balaban J connectivity index is 1.49. The Hall–Kier alpha value is -0.970. The normalized spacial score (nSPS) is 30.0. The van der Waals surface area contributed by atoms with E-state index < -0.39 is 0 Å². The van der Waals surface area contributed by atoms with Crippen LogP contribution in [0.4, 0.5) is 0 Å². The Labute approximate surface area is 117 Å². The number of rotatable bonds is 3. The van der Waals surface area contributed by atoms with Gasteiger partial charge in [-0.1, -0.05) is 18.2 Å². The highest BCUT2D eigenvalue weighted by Crippen LogP contribution is 2.28. The topological polar surface area (TPSA) is 28.2 Å². The number of nitrogens with one attached hydrogen (secondary N) is 1. The van der Waals surface area contributed by atoms with Gasteiger partial charge in [0.1, 0.15) is 0 Å². The van der Waals surface area contributed by atoms with E-state index in [4.69, 9.17) is 0 Å². The van der Waals surface area contributed by atoms with Crippen molar-refractivity contribution in [3.05, 3.63) is 30.0 Å². The lowest BCUT2D eigenvalue weighted by molar-refractivity contribution is 0.0720. The Bertz CT molecular complexity index is 572. The first-order valence-corrected chi connectivity index (χ1v) is 7.95. The SMILES string of the molecule is c1cc(CNC2CN3CCC2CC3)c2sncc2c1. The standard InChI is InChI=1S/C15H19N3S/c1-2-12(15-13(3-1)9-17-19-15)8-16-14-10-18-6-4-11(14)5-7-18/h1-3,9,11,14,16H,4-8,10H2. The lowest BCUT2D eigenvalue weighted by Gasteiger charge is -2.45. The third-order valence-corrected chi connectivity index (χ3v) is 5.56. The van der Waals surface area contributed by atoms with E-state index in [0.29, 0.717) is 6.04 Å². The first-order valence-electron chi connectivity index (χ1n) is 7.18. The lowest BCUT2D eigenvalue weighted by atomic mass is 9.84. The molecule has 2 aromatic rings. The third-order valence-electron chi connectivity index (χ3n) is 4.67. The summed E-state index contributed by atoms with van der Waals surface area (Å²) in [5.74, 6) is 0.894. The van der Waals surface area contributed by atoms with Crippen LogP contribution in [-0.2, 0) is 6.54 Å². The monoisotopic (exact) mass is 273 g/mol. The van der Waals surface area contributed by atoms with Gasteiger partial charge < -0.3 is 10.2 Å². The first-order chi connectivity index (χ1) is 9.40. The molecule has 3 aliphatic heterocycles. The molecular formula is C15H19N3S. The van der Waals surface area contributed by atoms with Crippen LogP contribution in [0.3, 0.4) is 0 Å². The summed E-state index contributed by atoms with van der Waals surface area (Å²) >= 11 is 1.62. The van der Waals surface area contributed by atoms with E-state index in [1.54, 1.807) is 11.5 Å². The fraction of sp³-hybridized carbons (Fsp3) is 0.533. The van der Waals surface area contributed by atoms with Crippen molar-refractivity contribution in [2.24, 2.45) is 5.92 Å². The molecule has 19 heavy (non-hydrogen) atoms. The Morgan fingerprint density at radius 3 is 3.00 bits per heavy atom. The van der Waals surface area contributed by atoms with Gasteiger partial charge in [0.15, 0.2) is 0 Å². The van der Waals surface area contributed by atoms with Crippen molar-refractivity contribution in [2.75, 3.05) is 19.6 Å². The number of hydrogen-bond donors (Lipinski definition) is 1. The van der Waals surface area contributed by atoms with E-state index in [0.717, 1.165) is 12.5 Å². The molecule has 1 atom stereocenters. The van der Waals surface area contributed by atoms with Crippen molar-refractivity contribution in [2.45, 2.75) is 25.4 Å². The molecule has 5 rings (SSSR count). The van der Waals surface area contributed by atoms with E-state index >= 15 is 0 Å². The molecule has 1 unspecified atom stereocenters. The highest BCUT2D eigenvalue weighted by molar-refractivity contribution is 7.13. The molecule has 1 aromatic carbocycles. The van der Waals surface area contributed by atoms with E-state index in [1.807, 2.05) is 6.20 Å². The predicted molar refractivity (Wildman–Crippen MR) is 79.4 cm³/mol. The highest BCUT2D eigenvalue weighted by Gasteiger charge is 2.33. The zero-order valence-corrected chi connectivity index (χ0v) is 11.8. The van der Waals surface area contributed by atoms with E-state index in [-0.39, 0.29) is 0 Å². The first kappa shape index (κ1) is 11.8. The molecule has 0 spiro atoms.